The van der Waals surface area contributed by atoms with E-state index in [2.05, 4.69) is 15.3 Å². The van der Waals surface area contributed by atoms with Crippen LogP contribution in [0.25, 0.3) is 11.1 Å². The number of aromatic nitrogens is 2. The van der Waals surface area contributed by atoms with Gasteiger partial charge in [0.1, 0.15) is 11.6 Å². The first kappa shape index (κ1) is 11.0. The third-order valence-electron chi connectivity index (χ3n) is 2.89. The molecule has 1 aromatic carbocycles. The van der Waals surface area contributed by atoms with Crippen LogP contribution in [0.3, 0.4) is 0 Å². The molecule has 0 aliphatic heterocycles. The summed E-state index contributed by atoms with van der Waals surface area (Å²) >= 11 is 0. The molecule has 4 nitrogen and oxygen atoms in total. The van der Waals surface area contributed by atoms with Crippen LogP contribution in [-0.2, 0) is 0 Å². The lowest BCUT2D eigenvalue weighted by Gasteiger charge is -2.08. The van der Waals surface area contributed by atoms with E-state index in [1.807, 2.05) is 0 Å². The molecular formula is C13H13FN4. The Balaban J connectivity index is 1.95. The smallest absolute Gasteiger partial charge is 0.224 e. The first-order valence-electron chi connectivity index (χ1n) is 5.88. The van der Waals surface area contributed by atoms with Crippen molar-refractivity contribution in [2.75, 3.05) is 11.1 Å². The third kappa shape index (κ3) is 2.11. The molecule has 1 aromatic heterocycles. The maximum atomic E-state index is 13.6. The summed E-state index contributed by atoms with van der Waals surface area (Å²) in [5, 5.41) is 3.15. The number of nitrogens with zero attached hydrogens (tertiary/aromatic N) is 2. The molecule has 3 N–H and O–H groups in total. The standard InChI is InChI=1S/C13H13FN4/c14-11-4-2-1-3-9(11)10-7-16-13(18-12(10)15)17-8-5-6-8/h1-4,7-8H,5-6H2,(H3,15,16,17,18). The van der Waals surface area contributed by atoms with Gasteiger partial charge in [-0.3, -0.25) is 0 Å². The fourth-order valence-corrected chi connectivity index (χ4v) is 1.76. The van der Waals surface area contributed by atoms with Crippen molar-refractivity contribution in [3.63, 3.8) is 0 Å². The highest BCUT2D eigenvalue weighted by Crippen LogP contribution is 2.28. The number of benzene rings is 1. The van der Waals surface area contributed by atoms with E-state index in [1.165, 1.54) is 6.07 Å². The van der Waals surface area contributed by atoms with Crippen LogP contribution in [0, 0.1) is 5.82 Å². The highest BCUT2D eigenvalue weighted by atomic mass is 19.1. The average Bonchev–Trinajstić information content (AvgIpc) is 3.15. The summed E-state index contributed by atoms with van der Waals surface area (Å²) in [5.41, 5.74) is 6.81. The molecule has 1 fully saturated rings. The minimum atomic E-state index is -0.323. The summed E-state index contributed by atoms with van der Waals surface area (Å²) < 4.78 is 13.6. The predicted molar refractivity (Wildman–Crippen MR) is 68.5 cm³/mol. The van der Waals surface area contributed by atoms with E-state index >= 15 is 0 Å². The lowest BCUT2D eigenvalue weighted by Crippen LogP contribution is -2.07. The fourth-order valence-electron chi connectivity index (χ4n) is 1.76. The lowest BCUT2D eigenvalue weighted by molar-refractivity contribution is 0.631. The van der Waals surface area contributed by atoms with Gasteiger partial charge < -0.3 is 11.1 Å². The van der Waals surface area contributed by atoms with Gasteiger partial charge in [-0.05, 0) is 18.9 Å². The molecule has 0 unspecified atom stereocenters. The monoisotopic (exact) mass is 244 g/mol. The number of hydrogen-bond donors (Lipinski definition) is 2. The van der Waals surface area contributed by atoms with Gasteiger partial charge in [0.05, 0.1) is 0 Å². The lowest BCUT2D eigenvalue weighted by atomic mass is 10.1. The Morgan fingerprint density at radius 2 is 2.00 bits per heavy atom. The Morgan fingerprint density at radius 3 is 2.67 bits per heavy atom. The molecule has 1 saturated carbocycles. The Hall–Kier alpha value is -2.17. The Bertz CT molecular complexity index is 581. The SMILES string of the molecule is Nc1nc(NC2CC2)ncc1-c1ccccc1F. The van der Waals surface area contributed by atoms with E-state index in [0.29, 0.717) is 28.9 Å². The van der Waals surface area contributed by atoms with Gasteiger partial charge >= 0.3 is 0 Å². The van der Waals surface area contributed by atoms with Crippen molar-refractivity contribution in [2.24, 2.45) is 0 Å². The van der Waals surface area contributed by atoms with E-state index in [9.17, 15) is 4.39 Å². The number of anilines is 2. The molecule has 0 radical (unpaired) electrons. The van der Waals surface area contributed by atoms with Gasteiger partial charge in [0, 0.05) is 23.4 Å². The zero-order valence-corrected chi connectivity index (χ0v) is 9.73. The molecule has 1 aliphatic carbocycles. The minimum Gasteiger partial charge on any atom is -0.383 e. The molecular weight excluding hydrogens is 231 g/mol. The molecule has 0 spiro atoms. The van der Waals surface area contributed by atoms with Crippen LogP contribution in [0.5, 0.6) is 0 Å². The van der Waals surface area contributed by atoms with Crippen LogP contribution in [0.15, 0.2) is 30.5 Å². The van der Waals surface area contributed by atoms with Gasteiger partial charge in [-0.1, -0.05) is 18.2 Å². The molecule has 2 aromatic rings. The van der Waals surface area contributed by atoms with Crippen molar-refractivity contribution in [1.82, 2.24) is 9.97 Å². The fraction of sp³-hybridized carbons (Fsp3) is 0.231. The number of hydrogen-bond acceptors (Lipinski definition) is 4. The summed E-state index contributed by atoms with van der Waals surface area (Å²) in [6.07, 6.45) is 3.84. The average molecular weight is 244 g/mol. The van der Waals surface area contributed by atoms with Crippen LogP contribution < -0.4 is 11.1 Å². The number of nitrogens with two attached hydrogens (primary N) is 1. The second kappa shape index (κ2) is 4.25. The van der Waals surface area contributed by atoms with E-state index in [-0.39, 0.29) is 5.82 Å². The molecule has 1 aliphatic rings. The molecule has 0 bridgehead atoms. The van der Waals surface area contributed by atoms with Gasteiger partial charge in [0.2, 0.25) is 5.95 Å². The van der Waals surface area contributed by atoms with Gasteiger partial charge in [0.15, 0.2) is 0 Å². The molecule has 3 rings (SSSR count). The van der Waals surface area contributed by atoms with Crippen molar-refractivity contribution in [3.8, 4) is 11.1 Å². The van der Waals surface area contributed by atoms with Crippen LogP contribution in [0.2, 0.25) is 0 Å². The van der Waals surface area contributed by atoms with Crippen LogP contribution in [0.1, 0.15) is 12.8 Å². The number of nitrogen functional groups attached to an aromatic ring is 1. The zero-order chi connectivity index (χ0) is 12.5. The Morgan fingerprint density at radius 1 is 1.22 bits per heavy atom. The van der Waals surface area contributed by atoms with Crippen LogP contribution >= 0.6 is 0 Å². The third-order valence-corrected chi connectivity index (χ3v) is 2.89. The molecule has 0 atom stereocenters. The Kier molecular flexibility index (Phi) is 2.59. The van der Waals surface area contributed by atoms with Crippen LogP contribution in [0.4, 0.5) is 16.2 Å². The van der Waals surface area contributed by atoms with Crippen molar-refractivity contribution < 1.29 is 4.39 Å². The van der Waals surface area contributed by atoms with Crippen molar-refractivity contribution in [1.29, 1.82) is 0 Å². The number of halogens is 1. The highest BCUT2D eigenvalue weighted by molar-refractivity contribution is 5.74. The summed E-state index contributed by atoms with van der Waals surface area (Å²) in [6.45, 7) is 0. The van der Waals surface area contributed by atoms with E-state index < -0.39 is 0 Å². The second-order valence-electron chi connectivity index (χ2n) is 4.39. The molecule has 5 heteroatoms. The molecule has 0 saturated heterocycles. The summed E-state index contributed by atoms with van der Waals surface area (Å²) in [7, 11) is 0. The summed E-state index contributed by atoms with van der Waals surface area (Å²) in [6, 6.07) is 6.92. The van der Waals surface area contributed by atoms with Crippen molar-refractivity contribution >= 4 is 11.8 Å². The van der Waals surface area contributed by atoms with Gasteiger partial charge in [0.25, 0.3) is 0 Å². The minimum absolute atomic E-state index is 0.290. The maximum absolute atomic E-state index is 13.6. The molecule has 18 heavy (non-hydrogen) atoms. The van der Waals surface area contributed by atoms with Gasteiger partial charge in [-0.2, -0.15) is 4.98 Å². The van der Waals surface area contributed by atoms with E-state index in [0.717, 1.165) is 12.8 Å². The first-order chi connectivity index (χ1) is 8.74. The topological polar surface area (TPSA) is 63.8 Å². The number of rotatable bonds is 3. The quantitative estimate of drug-likeness (QED) is 0.870. The Labute approximate surface area is 104 Å². The molecule has 92 valence electrons. The first-order valence-corrected chi connectivity index (χ1v) is 5.88. The van der Waals surface area contributed by atoms with Crippen molar-refractivity contribution in [3.05, 3.63) is 36.3 Å². The predicted octanol–water partition coefficient (Wildman–Crippen LogP) is 2.44. The van der Waals surface area contributed by atoms with Gasteiger partial charge in [-0.25, -0.2) is 9.37 Å². The zero-order valence-electron chi connectivity index (χ0n) is 9.73. The molecule has 1 heterocycles. The summed E-state index contributed by atoms with van der Waals surface area (Å²) in [4.78, 5) is 8.33. The van der Waals surface area contributed by atoms with E-state index in [1.54, 1.807) is 24.4 Å². The highest BCUT2D eigenvalue weighted by Gasteiger charge is 2.22. The van der Waals surface area contributed by atoms with Gasteiger partial charge in [-0.15, -0.1) is 0 Å². The maximum Gasteiger partial charge on any atom is 0.224 e. The number of nitrogens with one attached hydrogen (secondary N) is 1. The second-order valence-corrected chi connectivity index (χ2v) is 4.39. The molecule has 0 amide bonds. The van der Waals surface area contributed by atoms with E-state index in [4.69, 9.17) is 5.73 Å². The normalized spacial score (nSPS) is 14.5. The van der Waals surface area contributed by atoms with Crippen LogP contribution in [-0.4, -0.2) is 16.0 Å². The van der Waals surface area contributed by atoms with Crippen molar-refractivity contribution in [2.45, 2.75) is 18.9 Å². The summed E-state index contributed by atoms with van der Waals surface area (Å²) in [5.74, 6) is 0.476. The largest absolute Gasteiger partial charge is 0.383 e.